The van der Waals surface area contributed by atoms with Gasteiger partial charge in [0.25, 0.3) is 5.91 Å². The molecule has 1 unspecified atom stereocenters. The second kappa shape index (κ2) is 6.25. The average molecular weight is 384 g/mol. The Morgan fingerprint density at radius 2 is 1.96 bits per heavy atom. The number of halogens is 1. The van der Waals surface area contributed by atoms with E-state index in [4.69, 9.17) is 11.6 Å². The van der Waals surface area contributed by atoms with Crippen LogP contribution in [0.1, 0.15) is 47.3 Å². The summed E-state index contributed by atoms with van der Waals surface area (Å²) >= 11 is 6.40. The van der Waals surface area contributed by atoms with Gasteiger partial charge in [0.15, 0.2) is 0 Å². The molecule has 142 valence electrons. The largest absolute Gasteiger partial charge is 0.374 e. The summed E-state index contributed by atoms with van der Waals surface area (Å²) in [4.78, 5) is 14.5. The van der Waals surface area contributed by atoms with Crippen molar-refractivity contribution in [3.05, 3.63) is 63.7 Å². The van der Waals surface area contributed by atoms with Crippen LogP contribution >= 0.6 is 11.6 Å². The van der Waals surface area contributed by atoms with E-state index in [1.54, 1.807) is 0 Å². The fourth-order valence-corrected chi connectivity index (χ4v) is 4.62. The Morgan fingerprint density at radius 3 is 2.67 bits per heavy atom. The first-order valence-corrected chi connectivity index (χ1v) is 9.81. The van der Waals surface area contributed by atoms with Crippen LogP contribution in [0.2, 0.25) is 5.02 Å². The lowest BCUT2D eigenvalue weighted by atomic mass is 9.85. The SMILES string of the molecule is Cc1c(Cl)cccc1C1(Nc2ccc3c(c2)C(=O)N(C)C3(C)C)CCNC1. The molecule has 2 aliphatic heterocycles. The number of hydrogen-bond acceptors (Lipinski definition) is 3. The maximum Gasteiger partial charge on any atom is 0.254 e. The predicted octanol–water partition coefficient (Wildman–Crippen LogP) is 4.27. The number of nitrogens with one attached hydrogen (secondary N) is 2. The molecule has 2 N–H and O–H groups in total. The van der Waals surface area contributed by atoms with Crippen molar-refractivity contribution in [1.29, 1.82) is 0 Å². The van der Waals surface area contributed by atoms with Gasteiger partial charge in [0.1, 0.15) is 0 Å². The standard InChI is InChI=1S/C22H26ClN3O/c1-14-17(6-5-7-19(14)23)22(10-11-24-13-22)25-15-8-9-18-16(12-15)20(27)26(4)21(18,2)3/h5-9,12,24-25H,10-11,13H2,1-4H3. The smallest absolute Gasteiger partial charge is 0.254 e. The molecule has 2 aliphatic rings. The molecule has 0 saturated carbocycles. The van der Waals surface area contributed by atoms with E-state index in [1.165, 1.54) is 5.56 Å². The van der Waals surface area contributed by atoms with Crippen molar-refractivity contribution in [2.75, 3.05) is 25.5 Å². The highest BCUT2D eigenvalue weighted by molar-refractivity contribution is 6.31. The summed E-state index contributed by atoms with van der Waals surface area (Å²) in [5, 5.41) is 8.00. The van der Waals surface area contributed by atoms with Crippen LogP contribution in [0.3, 0.4) is 0 Å². The Balaban J connectivity index is 1.75. The summed E-state index contributed by atoms with van der Waals surface area (Å²) in [7, 11) is 1.87. The summed E-state index contributed by atoms with van der Waals surface area (Å²) in [5.41, 5.74) is 4.65. The molecule has 1 saturated heterocycles. The van der Waals surface area contributed by atoms with E-state index in [0.29, 0.717) is 0 Å². The molecule has 0 spiro atoms. The third-order valence-corrected chi connectivity index (χ3v) is 6.78. The molecule has 0 aromatic heterocycles. The Hall–Kier alpha value is -2.04. The zero-order valence-corrected chi connectivity index (χ0v) is 17.1. The molecular weight excluding hydrogens is 358 g/mol. The number of carbonyl (C=O) groups excluding carboxylic acids is 1. The number of nitrogens with zero attached hydrogens (tertiary/aromatic N) is 1. The Bertz CT molecular complexity index is 916. The highest BCUT2D eigenvalue weighted by Gasteiger charge is 2.41. The van der Waals surface area contributed by atoms with E-state index in [0.717, 1.165) is 46.9 Å². The number of rotatable bonds is 3. The maximum atomic E-state index is 12.7. The molecule has 1 atom stereocenters. The summed E-state index contributed by atoms with van der Waals surface area (Å²) in [6.07, 6.45) is 0.963. The molecule has 2 aromatic rings. The second-order valence-corrected chi connectivity index (χ2v) is 8.64. The summed E-state index contributed by atoms with van der Waals surface area (Å²) in [6.45, 7) is 8.01. The second-order valence-electron chi connectivity index (χ2n) is 8.23. The number of amides is 1. The van der Waals surface area contributed by atoms with Gasteiger partial charge < -0.3 is 15.5 Å². The van der Waals surface area contributed by atoms with Gasteiger partial charge >= 0.3 is 0 Å². The highest BCUT2D eigenvalue weighted by Crippen LogP contribution is 2.41. The molecule has 2 aromatic carbocycles. The van der Waals surface area contributed by atoms with E-state index >= 15 is 0 Å². The number of benzene rings is 2. The molecule has 1 amide bonds. The fraction of sp³-hybridized carbons (Fsp3) is 0.409. The van der Waals surface area contributed by atoms with Crippen molar-refractivity contribution in [3.63, 3.8) is 0 Å². The van der Waals surface area contributed by atoms with Crippen molar-refractivity contribution in [2.45, 2.75) is 38.3 Å². The summed E-state index contributed by atoms with van der Waals surface area (Å²) < 4.78 is 0. The van der Waals surface area contributed by atoms with Gasteiger partial charge in [0.05, 0.1) is 11.1 Å². The first kappa shape index (κ1) is 18.3. The normalized spacial score (nSPS) is 23.6. The van der Waals surface area contributed by atoms with Crippen molar-refractivity contribution in [1.82, 2.24) is 10.2 Å². The minimum atomic E-state index is -0.277. The van der Waals surface area contributed by atoms with Gasteiger partial charge in [-0.15, -0.1) is 0 Å². The van der Waals surface area contributed by atoms with Gasteiger partial charge in [-0.25, -0.2) is 0 Å². The lowest BCUT2D eigenvalue weighted by Crippen LogP contribution is -2.38. The van der Waals surface area contributed by atoms with Gasteiger partial charge in [-0.1, -0.05) is 29.8 Å². The Kier molecular flexibility index (Phi) is 4.24. The van der Waals surface area contributed by atoms with Gasteiger partial charge in [-0.05, 0) is 68.6 Å². The lowest BCUT2D eigenvalue weighted by Gasteiger charge is -2.33. The Labute approximate surface area is 165 Å². The predicted molar refractivity (Wildman–Crippen MR) is 111 cm³/mol. The van der Waals surface area contributed by atoms with Crippen LogP contribution in [0.5, 0.6) is 0 Å². The molecule has 0 bridgehead atoms. The molecule has 0 aliphatic carbocycles. The minimum absolute atomic E-state index is 0.0798. The van der Waals surface area contributed by atoms with Gasteiger partial charge in [0, 0.05) is 29.9 Å². The summed E-state index contributed by atoms with van der Waals surface area (Å²) in [5.74, 6) is 0.0798. The van der Waals surface area contributed by atoms with Crippen LogP contribution in [0.25, 0.3) is 0 Å². The molecule has 0 radical (unpaired) electrons. The fourth-order valence-electron chi connectivity index (χ4n) is 4.45. The van der Waals surface area contributed by atoms with Gasteiger partial charge in [-0.2, -0.15) is 0 Å². The molecule has 4 nitrogen and oxygen atoms in total. The van der Waals surface area contributed by atoms with Crippen LogP contribution in [0.15, 0.2) is 36.4 Å². The number of carbonyl (C=O) groups is 1. The van der Waals surface area contributed by atoms with Crippen LogP contribution in [0, 0.1) is 6.92 Å². The van der Waals surface area contributed by atoms with E-state index in [1.807, 2.05) is 30.1 Å². The summed E-state index contributed by atoms with van der Waals surface area (Å²) in [6, 6.07) is 12.3. The van der Waals surface area contributed by atoms with Gasteiger partial charge in [-0.3, -0.25) is 4.79 Å². The number of fused-ring (bicyclic) bond motifs is 1. The van der Waals surface area contributed by atoms with Gasteiger partial charge in [0.2, 0.25) is 0 Å². The molecule has 4 rings (SSSR count). The third kappa shape index (κ3) is 2.74. The van der Waals surface area contributed by atoms with E-state index < -0.39 is 0 Å². The van der Waals surface area contributed by atoms with E-state index in [-0.39, 0.29) is 17.0 Å². The molecule has 1 fully saturated rings. The molecule has 5 heteroatoms. The topological polar surface area (TPSA) is 44.4 Å². The monoisotopic (exact) mass is 383 g/mol. The molecule has 2 heterocycles. The van der Waals surface area contributed by atoms with Crippen molar-refractivity contribution in [3.8, 4) is 0 Å². The highest BCUT2D eigenvalue weighted by atomic mass is 35.5. The van der Waals surface area contributed by atoms with Crippen LogP contribution in [-0.2, 0) is 11.1 Å². The lowest BCUT2D eigenvalue weighted by molar-refractivity contribution is 0.0691. The van der Waals surface area contributed by atoms with Crippen LogP contribution < -0.4 is 10.6 Å². The molecule has 27 heavy (non-hydrogen) atoms. The minimum Gasteiger partial charge on any atom is -0.374 e. The quantitative estimate of drug-likeness (QED) is 0.831. The zero-order chi connectivity index (χ0) is 19.4. The first-order chi connectivity index (χ1) is 12.8. The number of anilines is 1. The first-order valence-electron chi connectivity index (χ1n) is 9.43. The Morgan fingerprint density at radius 1 is 1.19 bits per heavy atom. The van der Waals surface area contributed by atoms with Crippen molar-refractivity contribution in [2.24, 2.45) is 0 Å². The van der Waals surface area contributed by atoms with E-state index in [2.05, 4.69) is 49.6 Å². The molecular formula is C22H26ClN3O. The van der Waals surface area contributed by atoms with Crippen molar-refractivity contribution < 1.29 is 4.79 Å². The zero-order valence-electron chi connectivity index (χ0n) is 16.3. The third-order valence-electron chi connectivity index (χ3n) is 6.37. The van der Waals surface area contributed by atoms with Crippen LogP contribution in [0.4, 0.5) is 5.69 Å². The van der Waals surface area contributed by atoms with Crippen molar-refractivity contribution >= 4 is 23.2 Å². The average Bonchev–Trinajstić information content (AvgIpc) is 3.17. The van der Waals surface area contributed by atoms with E-state index in [9.17, 15) is 4.79 Å². The van der Waals surface area contributed by atoms with Crippen LogP contribution in [-0.4, -0.2) is 30.9 Å². The maximum absolute atomic E-state index is 12.7. The number of hydrogen-bond donors (Lipinski definition) is 2.